The number of aromatic nitrogens is 2. The van der Waals surface area contributed by atoms with Crippen molar-refractivity contribution in [2.45, 2.75) is 19.3 Å². The smallest absolute Gasteiger partial charge is 0.354 e. The molecular formula is C19H24N4O3. The van der Waals surface area contributed by atoms with Crippen molar-refractivity contribution in [3.05, 3.63) is 53.6 Å². The van der Waals surface area contributed by atoms with Crippen molar-refractivity contribution in [1.29, 1.82) is 0 Å². The van der Waals surface area contributed by atoms with Crippen molar-refractivity contribution in [3.63, 3.8) is 0 Å². The highest BCUT2D eigenvalue weighted by Gasteiger charge is 2.23. The summed E-state index contributed by atoms with van der Waals surface area (Å²) in [6, 6.07) is 10.4. The van der Waals surface area contributed by atoms with Crippen LogP contribution in [0.4, 0.5) is 0 Å². The molecule has 1 aromatic carbocycles. The third kappa shape index (κ3) is 4.70. The number of carboxylic acid groups (broad SMARTS) is 1. The van der Waals surface area contributed by atoms with Crippen LogP contribution < -0.4 is 5.32 Å². The third-order valence-electron chi connectivity index (χ3n) is 4.78. The number of aromatic amines is 1. The van der Waals surface area contributed by atoms with Gasteiger partial charge in [-0.1, -0.05) is 30.3 Å². The van der Waals surface area contributed by atoms with E-state index in [-0.39, 0.29) is 11.4 Å². The maximum atomic E-state index is 12.2. The van der Waals surface area contributed by atoms with Gasteiger partial charge in [-0.3, -0.25) is 4.79 Å². The molecule has 138 valence electrons. The summed E-state index contributed by atoms with van der Waals surface area (Å²) in [5.41, 5.74) is 1.10. The van der Waals surface area contributed by atoms with E-state index >= 15 is 0 Å². The zero-order chi connectivity index (χ0) is 18.4. The SMILES string of the molecule is O=C(NC[C@H]1CCCN(CCc2ccccc2)C1)c1nc[nH]c1C(=O)O. The molecule has 3 N–H and O–H groups in total. The Morgan fingerprint density at radius 2 is 2.12 bits per heavy atom. The molecule has 0 saturated carbocycles. The maximum Gasteiger partial charge on any atom is 0.354 e. The average molecular weight is 356 g/mol. The van der Waals surface area contributed by atoms with Crippen molar-refractivity contribution in [1.82, 2.24) is 20.2 Å². The number of piperidine rings is 1. The van der Waals surface area contributed by atoms with Gasteiger partial charge in [-0.2, -0.15) is 0 Å². The molecule has 0 unspecified atom stereocenters. The van der Waals surface area contributed by atoms with E-state index in [0.717, 1.165) is 38.9 Å². The number of benzene rings is 1. The third-order valence-corrected chi connectivity index (χ3v) is 4.78. The number of hydrogen-bond acceptors (Lipinski definition) is 4. The zero-order valence-electron chi connectivity index (χ0n) is 14.6. The Balaban J connectivity index is 1.47. The van der Waals surface area contributed by atoms with Gasteiger partial charge in [0.2, 0.25) is 0 Å². The molecule has 7 heteroatoms. The molecule has 0 aliphatic carbocycles. The number of imidazole rings is 1. The highest BCUT2D eigenvalue weighted by Crippen LogP contribution is 2.16. The Bertz CT molecular complexity index is 744. The van der Waals surface area contributed by atoms with Gasteiger partial charge in [0.15, 0.2) is 11.4 Å². The van der Waals surface area contributed by atoms with E-state index in [1.807, 2.05) is 6.07 Å². The number of rotatable bonds is 7. The Morgan fingerprint density at radius 3 is 2.88 bits per heavy atom. The quantitative estimate of drug-likeness (QED) is 0.703. The maximum absolute atomic E-state index is 12.2. The van der Waals surface area contributed by atoms with Crippen LogP contribution in [-0.4, -0.2) is 58.0 Å². The van der Waals surface area contributed by atoms with Gasteiger partial charge in [0.05, 0.1) is 6.33 Å². The first kappa shape index (κ1) is 18.1. The van der Waals surface area contributed by atoms with Gasteiger partial charge in [-0.25, -0.2) is 9.78 Å². The molecule has 7 nitrogen and oxygen atoms in total. The molecule has 1 aliphatic rings. The predicted octanol–water partition coefficient (Wildman–Crippen LogP) is 1.79. The first-order chi connectivity index (χ1) is 12.6. The Kier molecular flexibility index (Phi) is 6.01. The summed E-state index contributed by atoms with van der Waals surface area (Å²) in [4.78, 5) is 32.0. The van der Waals surface area contributed by atoms with Crippen LogP contribution in [0.2, 0.25) is 0 Å². The topological polar surface area (TPSA) is 98.3 Å². The molecule has 26 heavy (non-hydrogen) atoms. The lowest BCUT2D eigenvalue weighted by molar-refractivity contribution is 0.0684. The van der Waals surface area contributed by atoms with E-state index in [2.05, 4.69) is 44.5 Å². The lowest BCUT2D eigenvalue weighted by atomic mass is 9.97. The first-order valence-corrected chi connectivity index (χ1v) is 8.94. The first-order valence-electron chi connectivity index (χ1n) is 8.94. The number of likely N-dealkylation sites (tertiary alicyclic amines) is 1. The standard InChI is InChI=1S/C19H24N4O3/c24-18(16-17(19(25)26)22-13-21-16)20-11-15-7-4-9-23(12-15)10-8-14-5-2-1-3-6-14/h1-3,5-6,13,15H,4,7-12H2,(H,20,24)(H,21,22)(H,25,26)/t15-/m1/s1. The molecule has 1 aromatic heterocycles. The van der Waals surface area contributed by atoms with Crippen molar-refractivity contribution in [2.24, 2.45) is 5.92 Å². The van der Waals surface area contributed by atoms with Gasteiger partial charge in [0, 0.05) is 19.6 Å². The fourth-order valence-electron chi connectivity index (χ4n) is 3.40. The summed E-state index contributed by atoms with van der Waals surface area (Å²) in [7, 11) is 0. The van der Waals surface area contributed by atoms with Crippen LogP contribution in [0.5, 0.6) is 0 Å². The lowest BCUT2D eigenvalue weighted by Crippen LogP contribution is -2.41. The Morgan fingerprint density at radius 1 is 1.31 bits per heavy atom. The second-order valence-electron chi connectivity index (χ2n) is 6.69. The number of amides is 1. The fourth-order valence-corrected chi connectivity index (χ4v) is 3.40. The largest absolute Gasteiger partial charge is 0.477 e. The monoisotopic (exact) mass is 356 g/mol. The van der Waals surface area contributed by atoms with Gasteiger partial charge >= 0.3 is 5.97 Å². The fraction of sp³-hybridized carbons (Fsp3) is 0.421. The second kappa shape index (κ2) is 8.62. The molecule has 0 spiro atoms. The summed E-state index contributed by atoms with van der Waals surface area (Å²) in [5.74, 6) is -1.25. The molecule has 0 radical (unpaired) electrons. The van der Waals surface area contributed by atoms with Gasteiger partial charge in [-0.15, -0.1) is 0 Å². The number of carbonyl (C=O) groups excluding carboxylic acids is 1. The van der Waals surface area contributed by atoms with Crippen LogP contribution in [0.15, 0.2) is 36.7 Å². The van der Waals surface area contributed by atoms with Crippen LogP contribution >= 0.6 is 0 Å². The van der Waals surface area contributed by atoms with Crippen LogP contribution in [0.1, 0.15) is 39.4 Å². The minimum atomic E-state index is -1.18. The van der Waals surface area contributed by atoms with E-state index in [1.165, 1.54) is 11.9 Å². The van der Waals surface area contributed by atoms with E-state index in [0.29, 0.717) is 12.5 Å². The number of nitrogens with one attached hydrogen (secondary N) is 2. The number of hydrogen-bond donors (Lipinski definition) is 3. The lowest BCUT2D eigenvalue weighted by Gasteiger charge is -2.32. The molecule has 2 heterocycles. The van der Waals surface area contributed by atoms with Gasteiger partial charge < -0.3 is 20.3 Å². The van der Waals surface area contributed by atoms with Crippen LogP contribution in [-0.2, 0) is 6.42 Å². The molecule has 2 aromatic rings. The van der Waals surface area contributed by atoms with Gasteiger partial charge in [0.25, 0.3) is 5.91 Å². The van der Waals surface area contributed by atoms with Crippen LogP contribution in [0, 0.1) is 5.92 Å². The number of H-pyrrole nitrogens is 1. The number of carbonyl (C=O) groups is 2. The van der Waals surface area contributed by atoms with E-state index < -0.39 is 11.9 Å². The number of nitrogens with zero attached hydrogens (tertiary/aromatic N) is 2. The molecule has 1 amide bonds. The molecule has 0 bridgehead atoms. The van der Waals surface area contributed by atoms with E-state index in [4.69, 9.17) is 5.11 Å². The van der Waals surface area contributed by atoms with Crippen molar-refractivity contribution >= 4 is 11.9 Å². The molecule has 1 fully saturated rings. The summed E-state index contributed by atoms with van der Waals surface area (Å²) in [5, 5.41) is 11.9. The van der Waals surface area contributed by atoms with Crippen molar-refractivity contribution < 1.29 is 14.7 Å². The highest BCUT2D eigenvalue weighted by molar-refractivity contribution is 6.02. The van der Waals surface area contributed by atoms with Crippen LogP contribution in [0.25, 0.3) is 0 Å². The van der Waals surface area contributed by atoms with Crippen molar-refractivity contribution in [2.75, 3.05) is 26.2 Å². The second-order valence-corrected chi connectivity index (χ2v) is 6.69. The summed E-state index contributed by atoms with van der Waals surface area (Å²) >= 11 is 0. The molecule has 1 aliphatic heterocycles. The number of aromatic carboxylic acids is 1. The molecule has 1 saturated heterocycles. The van der Waals surface area contributed by atoms with E-state index in [1.54, 1.807) is 0 Å². The summed E-state index contributed by atoms with van der Waals surface area (Å²) in [6.45, 7) is 3.57. The normalized spacial score (nSPS) is 17.8. The minimum Gasteiger partial charge on any atom is -0.477 e. The van der Waals surface area contributed by atoms with Crippen molar-refractivity contribution in [3.8, 4) is 0 Å². The Hall–Kier alpha value is -2.67. The Labute approximate surface area is 152 Å². The molecule has 1 atom stereocenters. The molecular weight excluding hydrogens is 332 g/mol. The highest BCUT2D eigenvalue weighted by atomic mass is 16.4. The molecule has 3 rings (SSSR count). The summed E-state index contributed by atoms with van der Waals surface area (Å²) < 4.78 is 0. The van der Waals surface area contributed by atoms with Crippen LogP contribution in [0.3, 0.4) is 0 Å². The minimum absolute atomic E-state index is 0.0609. The predicted molar refractivity (Wildman–Crippen MR) is 97.2 cm³/mol. The zero-order valence-corrected chi connectivity index (χ0v) is 14.6. The van der Waals surface area contributed by atoms with Gasteiger partial charge in [-0.05, 0) is 37.3 Å². The van der Waals surface area contributed by atoms with E-state index in [9.17, 15) is 9.59 Å². The summed E-state index contributed by atoms with van der Waals surface area (Å²) in [6.07, 6.45) is 4.42. The van der Waals surface area contributed by atoms with Gasteiger partial charge in [0.1, 0.15) is 0 Å². The average Bonchev–Trinajstić information content (AvgIpc) is 3.16. The number of carboxylic acids is 1.